The Morgan fingerprint density at radius 3 is 2.47 bits per heavy atom. The Bertz CT molecular complexity index is 573. The molecule has 0 aliphatic rings. The lowest BCUT2D eigenvalue weighted by atomic mass is 9.97. The SMILES string of the molecule is C=Nc1cc(-c2cccc(F)c2)c(C)cc1C. The van der Waals surface area contributed by atoms with Crippen LogP contribution >= 0.6 is 0 Å². The van der Waals surface area contributed by atoms with Gasteiger partial charge < -0.3 is 0 Å². The molecule has 86 valence electrons. The van der Waals surface area contributed by atoms with Crippen LogP contribution in [-0.4, -0.2) is 6.72 Å². The number of aryl methyl sites for hydroxylation is 2. The van der Waals surface area contributed by atoms with Gasteiger partial charge in [0.25, 0.3) is 0 Å². The van der Waals surface area contributed by atoms with Gasteiger partial charge in [0.1, 0.15) is 5.82 Å². The molecule has 0 heterocycles. The zero-order valence-corrected chi connectivity index (χ0v) is 10.00. The van der Waals surface area contributed by atoms with Crippen LogP contribution in [0.2, 0.25) is 0 Å². The van der Waals surface area contributed by atoms with E-state index in [2.05, 4.69) is 11.7 Å². The summed E-state index contributed by atoms with van der Waals surface area (Å²) in [5, 5.41) is 0. The highest BCUT2D eigenvalue weighted by molar-refractivity contribution is 5.72. The number of benzene rings is 2. The fourth-order valence-corrected chi connectivity index (χ4v) is 1.98. The number of rotatable bonds is 2. The van der Waals surface area contributed by atoms with Gasteiger partial charge in [-0.05, 0) is 61.0 Å². The lowest BCUT2D eigenvalue weighted by Gasteiger charge is -2.09. The van der Waals surface area contributed by atoms with Gasteiger partial charge >= 0.3 is 0 Å². The van der Waals surface area contributed by atoms with Crippen molar-refractivity contribution in [2.75, 3.05) is 0 Å². The first-order valence-corrected chi connectivity index (χ1v) is 5.45. The lowest BCUT2D eigenvalue weighted by Crippen LogP contribution is -1.87. The van der Waals surface area contributed by atoms with E-state index in [0.29, 0.717) is 0 Å². The van der Waals surface area contributed by atoms with Crippen molar-refractivity contribution in [1.29, 1.82) is 0 Å². The van der Waals surface area contributed by atoms with Gasteiger partial charge in [-0.25, -0.2) is 4.39 Å². The molecule has 0 fully saturated rings. The Hall–Kier alpha value is -1.96. The van der Waals surface area contributed by atoms with Gasteiger partial charge in [-0.2, -0.15) is 0 Å². The minimum Gasteiger partial charge on any atom is -0.264 e. The van der Waals surface area contributed by atoms with Crippen LogP contribution in [-0.2, 0) is 0 Å². The topological polar surface area (TPSA) is 12.4 Å². The number of aliphatic imine (C=N–C) groups is 1. The van der Waals surface area contributed by atoms with Gasteiger partial charge in [0.2, 0.25) is 0 Å². The van der Waals surface area contributed by atoms with Gasteiger partial charge in [-0.1, -0.05) is 18.2 Å². The molecule has 0 saturated carbocycles. The second-order valence-corrected chi connectivity index (χ2v) is 4.12. The molecule has 0 N–H and O–H groups in total. The Balaban J connectivity index is 2.63. The number of nitrogens with zero attached hydrogens (tertiary/aromatic N) is 1. The minimum atomic E-state index is -0.226. The standard InChI is InChI=1S/C15H14FN/c1-10-7-11(2)15(17-3)9-14(10)12-5-4-6-13(16)8-12/h4-9H,3H2,1-2H3. The van der Waals surface area contributed by atoms with E-state index in [1.54, 1.807) is 6.07 Å². The number of hydrogen-bond donors (Lipinski definition) is 0. The number of hydrogen-bond acceptors (Lipinski definition) is 1. The zero-order chi connectivity index (χ0) is 12.4. The highest BCUT2D eigenvalue weighted by Gasteiger charge is 2.06. The summed E-state index contributed by atoms with van der Waals surface area (Å²) < 4.78 is 13.2. The quantitative estimate of drug-likeness (QED) is 0.672. The third kappa shape index (κ3) is 2.26. The summed E-state index contributed by atoms with van der Waals surface area (Å²) >= 11 is 0. The monoisotopic (exact) mass is 227 g/mol. The molecule has 0 aliphatic heterocycles. The summed E-state index contributed by atoms with van der Waals surface area (Å²) in [6, 6.07) is 10.6. The van der Waals surface area contributed by atoms with Crippen LogP contribution in [0.3, 0.4) is 0 Å². The van der Waals surface area contributed by atoms with E-state index >= 15 is 0 Å². The van der Waals surface area contributed by atoms with Gasteiger partial charge in [-0.15, -0.1) is 0 Å². The molecule has 0 bridgehead atoms. The maximum Gasteiger partial charge on any atom is 0.123 e. The second-order valence-electron chi connectivity index (χ2n) is 4.12. The Morgan fingerprint density at radius 2 is 1.82 bits per heavy atom. The van der Waals surface area contributed by atoms with Gasteiger partial charge in [0.05, 0.1) is 5.69 Å². The second kappa shape index (κ2) is 4.50. The van der Waals surface area contributed by atoms with E-state index in [0.717, 1.165) is 27.9 Å². The van der Waals surface area contributed by atoms with Crippen molar-refractivity contribution in [1.82, 2.24) is 0 Å². The van der Waals surface area contributed by atoms with Crippen LogP contribution in [0.15, 0.2) is 41.4 Å². The minimum absolute atomic E-state index is 0.226. The molecular weight excluding hydrogens is 213 g/mol. The lowest BCUT2D eigenvalue weighted by molar-refractivity contribution is 0.628. The molecule has 0 amide bonds. The van der Waals surface area contributed by atoms with Crippen LogP contribution in [0.1, 0.15) is 11.1 Å². The molecule has 0 radical (unpaired) electrons. The van der Waals surface area contributed by atoms with E-state index in [4.69, 9.17) is 0 Å². The summed E-state index contributed by atoms with van der Waals surface area (Å²) in [6.07, 6.45) is 0. The maximum absolute atomic E-state index is 13.2. The van der Waals surface area contributed by atoms with E-state index < -0.39 is 0 Å². The van der Waals surface area contributed by atoms with Gasteiger partial charge in [0, 0.05) is 0 Å². The van der Waals surface area contributed by atoms with Gasteiger partial charge in [0.15, 0.2) is 0 Å². The van der Waals surface area contributed by atoms with Crippen LogP contribution in [0, 0.1) is 19.7 Å². The van der Waals surface area contributed by atoms with Crippen molar-refractivity contribution >= 4 is 12.4 Å². The first-order valence-electron chi connectivity index (χ1n) is 5.45. The Labute approximate surface area is 101 Å². The van der Waals surface area contributed by atoms with Crippen molar-refractivity contribution in [3.8, 4) is 11.1 Å². The molecule has 0 unspecified atom stereocenters. The van der Waals surface area contributed by atoms with E-state index in [1.165, 1.54) is 12.1 Å². The van der Waals surface area contributed by atoms with E-state index in [1.807, 2.05) is 32.0 Å². The van der Waals surface area contributed by atoms with Crippen LogP contribution in [0.4, 0.5) is 10.1 Å². The zero-order valence-electron chi connectivity index (χ0n) is 10.00. The van der Waals surface area contributed by atoms with Crippen LogP contribution in [0.25, 0.3) is 11.1 Å². The highest BCUT2D eigenvalue weighted by Crippen LogP contribution is 2.30. The molecule has 0 spiro atoms. The molecule has 2 heteroatoms. The summed E-state index contributed by atoms with van der Waals surface area (Å²) in [6.45, 7) is 7.56. The summed E-state index contributed by atoms with van der Waals surface area (Å²) in [4.78, 5) is 3.98. The third-order valence-corrected chi connectivity index (χ3v) is 2.85. The third-order valence-electron chi connectivity index (χ3n) is 2.85. The van der Waals surface area contributed by atoms with Crippen LogP contribution in [0.5, 0.6) is 0 Å². The molecule has 1 nitrogen and oxygen atoms in total. The molecule has 17 heavy (non-hydrogen) atoms. The molecule has 2 aromatic carbocycles. The van der Waals surface area contributed by atoms with Crippen molar-refractivity contribution in [2.45, 2.75) is 13.8 Å². The van der Waals surface area contributed by atoms with Crippen LogP contribution < -0.4 is 0 Å². The maximum atomic E-state index is 13.2. The molecule has 0 aromatic heterocycles. The average molecular weight is 227 g/mol. The van der Waals surface area contributed by atoms with Crippen molar-refractivity contribution in [3.63, 3.8) is 0 Å². The predicted octanol–water partition coefficient (Wildman–Crippen LogP) is 4.44. The first-order chi connectivity index (χ1) is 8.11. The van der Waals surface area contributed by atoms with Crippen molar-refractivity contribution in [3.05, 3.63) is 53.3 Å². The predicted molar refractivity (Wildman–Crippen MR) is 70.5 cm³/mol. The number of halogens is 1. The fraction of sp³-hybridized carbons (Fsp3) is 0.133. The molecular formula is C15H14FN. The average Bonchev–Trinajstić information content (AvgIpc) is 2.29. The Morgan fingerprint density at radius 1 is 1.06 bits per heavy atom. The smallest absolute Gasteiger partial charge is 0.123 e. The molecule has 2 aromatic rings. The highest BCUT2D eigenvalue weighted by atomic mass is 19.1. The summed E-state index contributed by atoms with van der Waals surface area (Å²) in [7, 11) is 0. The largest absolute Gasteiger partial charge is 0.264 e. The molecule has 0 saturated heterocycles. The normalized spacial score (nSPS) is 10.3. The van der Waals surface area contributed by atoms with E-state index in [9.17, 15) is 4.39 Å². The molecule has 0 aliphatic carbocycles. The molecule has 2 rings (SSSR count). The van der Waals surface area contributed by atoms with Crippen molar-refractivity contribution in [2.24, 2.45) is 4.99 Å². The Kier molecular flexibility index (Phi) is 3.05. The fourth-order valence-electron chi connectivity index (χ4n) is 1.98. The van der Waals surface area contributed by atoms with Gasteiger partial charge in [-0.3, -0.25) is 4.99 Å². The first kappa shape index (κ1) is 11.5. The van der Waals surface area contributed by atoms with E-state index in [-0.39, 0.29) is 5.82 Å². The van der Waals surface area contributed by atoms with Crippen molar-refractivity contribution < 1.29 is 4.39 Å². The summed E-state index contributed by atoms with van der Waals surface area (Å²) in [5.41, 5.74) is 4.90. The summed E-state index contributed by atoms with van der Waals surface area (Å²) in [5.74, 6) is -0.226. The molecule has 0 atom stereocenters.